The van der Waals surface area contributed by atoms with Gasteiger partial charge in [0, 0.05) is 44.6 Å². The highest BCUT2D eigenvalue weighted by atomic mass is 16.3. The van der Waals surface area contributed by atoms with Crippen LogP contribution in [0.15, 0.2) is 257 Å². The van der Waals surface area contributed by atoms with Crippen molar-refractivity contribution < 1.29 is 4.42 Å². The summed E-state index contributed by atoms with van der Waals surface area (Å²) in [6, 6.07) is 83.9. The van der Waals surface area contributed by atoms with Gasteiger partial charge in [0.1, 0.15) is 5.58 Å². The fraction of sp³-hybridized carbons (Fsp3) is 0. The molecule has 1 N–H and O–H groups in total. The zero-order chi connectivity index (χ0) is 45.4. The molecule has 0 aliphatic rings. The van der Waals surface area contributed by atoms with Gasteiger partial charge in [-0.1, -0.05) is 200 Å². The Balaban J connectivity index is 1.12. The van der Waals surface area contributed by atoms with Gasteiger partial charge in [0.15, 0.2) is 17.3 Å². The van der Waals surface area contributed by atoms with Crippen LogP contribution in [-0.2, 0) is 0 Å². The summed E-state index contributed by atoms with van der Waals surface area (Å²) in [5, 5.41) is 13.7. The molecule has 0 unspecified atom stereocenters. The molecule has 0 saturated carbocycles. The summed E-state index contributed by atoms with van der Waals surface area (Å²) in [7, 11) is 0. The number of hydrogen-bond donors (Lipinski definition) is 1. The summed E-state index contributed by atoms with van der Waals surface area (Å²) in [6.07, 6.45) is 1.84. The fourth-order valence-electron chi connectivity index (χ4n) is 9.61. The predicted octanol–water partition coefficient (Wildman–Crippen LogP) is 16.2. The topological polar surface area (TPSA) is 66.6 Å². The number of furan rings is 1. The largest absolute Gasteiger partial charge is 0.454 e. The van der Waals surface area contributed by atoms with Crippen LogP contribution in [0.3, 0.4) is 0 Å². The van der Waals surface area contributed by atoms with Crippen molar-refractivity contribution in [1.29, 1.82) is 5.41 Å². The molecule has 0 radical (unpaired) electrons. The normalized spacial score (nSPS) is 11.9. The van der Waals surface area contributed by atoms with Crippen LogP contribution in [-0.4, -0.2) is 22.5 Å². The number of fused-ring (bicyclic) bond motifs is 7. The van der Waals surface area contributed by atoms with Crippen molar-refractivity contribution in [1.82, 2.24) is 4.57 Å². The molecule has 10 aromatic carbocycles. The number of para-hydroxylation sites is 2. The van der Waals surface area contributed by atoms with Crippen LogP contribution in [0.25, 0.3) is 93.9 Å². The van der Waals surface area contributed by atoms with Crippen molar-refractivity contribution in [3.63, 3.8) is 0 Å². The number of nitrogens with zero attached hydrogens (tertiary/aromatic N) is 3. The molecule has 0 bridgehead atoms. The molecule has 0 aliphatic heterocycles. The molecule has 12 rings (SSSR count). The van der Waals surface area contributed by atoms with E-state index in [1.807, 2.05) is 72.9 Å². The van der Waals surface area contributed by atoms with Gasteiger partial charge < -0.3 is 8.98 Å². The molecular formula is C63H42N4O. The van der Waals surface area contributed by atoms with Crippen LogP contribution in [0, 0.1) is 5.41 Å². The first-order valence-corrected chi connectivity index (χ1v) is 22.8. The Morgan fingerprint density at radius 2 is 1.06 bits per heavy atom. The molecule has 68 heavy (non-hydrogen) atoms. The van der Waals surface area contributed by atoms with Gasteiger partial charge in [-0.2, -0.15) is 0 Å². The zero-order valence-corrected chi connectivity index (χ0v) is 36.9. The molecule has 0 spiro atoms. The maximum atomic E-state index is 9.37. The van der Waals surface area contributed by atoms with Crippen molar-refractivity contribution in [2.45, 2.75) is 0 Å². The van der Waals surface area contributed by atoms with Crippen LogP contribution in [0.5, 0.6) is 0 Å². The first kappa shape index (κ1) is 40.3. The molecular weight excluding hydrogens is 829 g/mol. The van der Waals surface area contributed by atoms with Gasteiger partial charge in [-0.05, 0) is 92.5 Å². The van der Waals surface area contributed by atoms with E-state index in [0.717, 1.165) is 99.7 Å². The number of nitrogens with one attached hydrogen (secondary N) is 1. The molecule has 0 amide bonds. The van der Waals surface area contributed by atoms with Gasteiger partial charge in [-0.25, -0.2) is 9.98 Å². The van der Waals surface area contributed by atoms with Crippen molar-refractivity contribution >= 4 is 61.6 Å². The Morgan fingerprint density at radius 1 is 0.456 bits per heavy atom. The van der Waals surface area contributed by atoms with Crippen molar-refractivity contribution in [2.75, 3.05) is 0 Å². The summed E-state index contributed by atoms with van der Waals surface area (Å²) in [4.78, 5) is 10.3. The van der Waals surface area contributed by atoms with E-state index in [2.05, 4.69) is 180 Å². The van der Waals surface area contributed by atoms with E-state index < -0.39 is 0 Å². The smallest absolute Gasteiger partial charge is 0.162 e. The Bertz CT molecular complexity index is 3830. The fourth-order valence-corrected chi connectivity index (χ4v) is 9.61. The minimum atomic E-state index is 0.117. The maximum absolute atomic E-state index is 9.37. The summed E-state index contributed by atoms with van der Waals surface area (Å²) in [5.74, 6) is 0.537. The Labute approximate surface area is 393 Å². The molecule has 0 aliphatic carbocycles. The van der Waals surface area contributed by atoms with Crippen LogP contribution >= 0.6 is 0 Å². The lowest BCUT2D eigenvalue weighted by Crippen LogP contribution is -2.07. The second-order valence-corrected chi connectivity index (χ2v) is 16.9. The lowest BCUT2D eigenvalue weighted by atomic mass is 9.85. The van der Waals surface area contributed by atoms with Gasteiger partial charge in [0.05, 0.1) is 11.0 Å². The van der Waals surface area contributed by atoms with Crippen LogP contribution < -0.4 is 0 Å². The van der Waals surface area contributed by atoms with Crippen LogP contribution in [0.4, 0.5) is 0 Å². The summed E-state index contributed by atoms with van der Waals surface area (Å²) in [6.45, 7) is 0. The standard InChI is InChI=1S/C63H42N4O/c64-62(45-25-12-4-13-26-45)66-63(65-41-42-19-6-1-7-20-42)56-40-47(59-50(43-21-8-2-9-22-43)30-18-31-51(59)44-23-10-3-11-24-44)33-35-49(56)46-34-38-58-55(39-46)54-37-36-53-52-29-16-17-32-57(52)67(60(53)61(54)68-58)48-27-14-5-15-28-48/h1-41,64H. The summed E-state index contributed by atoms with van der Waals surface area (Å²) in [5.41, 5.74) is 15.7. The third-order valence-corrected chi connectivity index (χ3v) is 12.8. The van der Waals surface area contributed by atoms with Crippen molar-refractivity contribution in [3.8, 4) is 50.2 Å². The Morgan fingerprint density at radius 3 is 1.76 bits per heavy atom. The third-order valence-electron chi connectivity index (χ3n) is 12.8. The van der Waals surface area contributed by atoms with E-state index in [-0.39, 0.29) is 5.84 Å². The molecule has 0 saturated heterocycles. The highest BCUT2D eigenvalue weighted by Gasteiger charge is 2.22. The zero-order valence-electron chi connectivity index (χ0n) is 36.9. The van der Waals surface area contributed by atoms with Gasteiger partial charge in [-0.15, -0.1) is 0 Å². The maximum Gasteiger partial charge on any atom is 0.162 e. The molecule has 0 atom stereocenters. The number of hydrogen-bond acceptors (Lipinski definition) is 2. The van der Waals surface area contributed by atoms with Crippen molar-refractivity contribution in [3.05, 3.63) is 259 Å². The minimum Gasteiger partial charge on any atom is -0.454 e. The lowest BCUT2D eigenvalue weighted by Gasteiger charge is -2.19. The van der Waals surface area contributed by atoms with E-state index in [1.54, 1.807) is 0 Å². The summed E-state index contributed by atoms with van der Waals surface area (Å²) < 4.78 is 9.23. The lowest BCUT2D eigenvalue weighted by molar-refractivity contribution is 0.671. The quantitative estimate of drug-likeness (QED) is 0.120. The highest BCUT2D eigenvalue weighted by Crippen LogP contribution is 2.44. The Kier molecular flexibility index (Phi) is 10.3. The predicted molar refractivity (Wildman–Crippen MR) is 284 cm³/mol. The molecule has 2 heterocycles. The number of aromatic nitrogens is 1. The van der Waals surface area contributed by atoms with Crippen LogP contribution in [0.2, 0.25) is 0 Å². The Hall–Kier alpha value is -9.19. The van der Waals surface area contributed by atoms with Gasteiger partial charge in [-0.3, -0.25) is 5.41 Å². The molecule has 320 valence electrons. The van der Waals surface area contributed by atoms with Gasteiger partial charge >= 0.3 is 0 Å². The average molecular weight is 871 g/mol. The molecule has 2 aromatic heterocycles. The van der Waals surface area contributed by atoms with Crippen LogP contribution in [0.1, 0.15) is 16.7 Å². The number of amidine groups is 2. The molecule has 5 heteroatoms. The van der Waals surface area contributed by atoms with E-state index in [9.17, 15) is 5.41 Å². The van der Waals surface area contributed by atoms with E-state index in [4.69, 9.17) is 14.4 Å². The van der Waals surface area contributed by atoms with E-state index in [1.165, 1.54) is 5.39 Å². The van der Waals surface area contributed by atoms with E-state index >= 15 is 0 Å². The van der Waals surface area contributed by atoms with Gasteiger partial charge in [0.25, 0.3) is 0 Å². The third kappa shape index (κ3) is 7.29. The SMILES string of the molecule is N=C(N=C(N=Cc1ccccc1)c1cc(-c2c(-c3ccccc3)cccc2-c2ccccc2)ccc1-c1ccc2oc3c(ccc4c5ccccc5n(-c5ccccc5)c43)c2c1)c1ccccc1. The number of benzene rings is 10. The van der Waals surface area contributed by atoms with E-state index in [0.29, 0.717) is 11.4 Å². The molecule has 0 fully saturated rings. The number of aliphatic imine (C=N–C) groups is 2. The average Bonchev–Trinajstić information content (AvgIpc) is 3.96. The summed E-state index contributed by atoms with van der Waals surface area (Å²) >= 11 is 0. The number of rotatable bonds is 8. The monoisotopic (exact) mass is 870 g/mol. The first-order valence-electron chi connectivity index (χ1n) is 22.8. The second-order valence-electron chi connectivity index (χ2n) is 16.9. The van der Waals surface area contributed by atoms with Gasteiger partial charge in [0.2, 0.25) is 0 Å². The second kappa shape index (κ2) is 17.3. The highest BCUT2D eigenvalue weighted by molar-refractivity contribution is 6.22. The van der Waals surface area contributed by atoms with Crippen molar-refractivity contribution in [2.24, 2.45) is 9.98 Å². The first-order chi connectivity index (χ1) is 33.7. The minimum absolute atomic E-state index is 0.117. The molecule has 5 nitrogen and oxygen atoms in total. The molecule has 12 aromatic rings.